The van der Waals surface area contributed by atoms with Crippen molar-refractivity contribution in [1.29, 1.82) is 0 Å². The SMILES string of the molecule is O=S1(=O)N=C(N(CCO)/N=C/c2cccc(O)c2)c2ccccc21. The third kappa shape index (κ3) is 3.15. The Labute approximate surface area is 139 Å². The summed E-state index contributed by atoms with van der Waals surface area (Å²) < 4.78 is 28.0. The molecule has 0 unspecified atom stereocenters. The van der Waals surface area contributed by atoms with Crippen LogP contribution in [0.15, 0.2) is 62.9 Å². The van der Waals surface area contributed by atoms with E-state index in [0.29, 0.717) is 11.1 Å². The maximum absolute atomic E-state index is 12.1. The summed E-state index contributed by atoms with van der Waals surface area (Å²) in [6, 6.07) is 12.9. The number of aliphatic hydroxyl groups is 1. The lowest BCUT2D eigenvalue weighted by molar-refractivity contribution is 0.254. The molecule has 1 aliphatic rings. The lowest BCUT2D eigenvalue weighted by atomic mass is 10.2. The van der Waals surface area contributed by atoms with Crippen molar-refractivity contribution in [3.8, 4) is 5.75 Å². The minimum absolute atomic E-state index is 0.0814. The van der Waals surface area contributed by atoms with Crippen molar-refractivity contribution in [3.05, 3.63) is 59.7 Å². The van der Waals surface area contributed by atoms with Gasteiger partial charge in [0.05, 0.1) is 19.4 Å². The van der Waals surface area contributed by atoms with Gasteiger partial charge in [0, 0.05) is 5.56 Å². The van der Waals surface area contributed by atoms with E-state index in [1.165, 1.54) is 29.4 Å². The summed E-state index contributed by atoms with van der Waals surface area (Å²) in [4.78, 5) is 0.121. The normalized spacial score (nSPS) is 15.3. The molecule has 0 atom stereocenters. The van der Waals surface area contributed by atoms with Crippen LogP contribution < -0.4 is 0 Å². The minimum Gasteiger partial charge on any atom is -0.508 e. The van der Waals surface area contributed by atoms with Crippen molar-refractivity contribution in [1.82, 2.24) is 5.01 Å². The Kier molecular flexibility index (Phi) is 4.32. The van der Waals surface area contributed by atoms with Gasteiger partial charge in [-0.25, -0.2) is 5.01 Å². The van der Waals surface area contributed by atoms with E-state index in [-0.39, 0.29) is 29.6 Å². The Morgan fingerprint density at radius 1 is 1.17 bits per heavy atom. The first-order valence-electron chi connectivity index (χ1n) is 7.17. The van der Waals surface area contributed by atoms with Gasteiger partial charge in [-0.15, -0.1) is 4.40 Å². The number of aliphatic hydroxyl groups excluding tert-OH is 1. The highest BCUT2D eigenvalue weighted by atomic mass is 32.2. The molecule has 124 valence electrons. The van der Waals surface area contributed by atoms with E-state index in [9.17, 15) is 18.6 Å². The number of benzene rings is 2. The second-order valence-electron chi connectivity index (χ2n) is 5.07. The lowest BCUT2D eigenvalue weighted by Crippen LogP contribution is -2.28. The van der Waals surface area contributed by atoms with Crippen molar-refractivity contribution in [2.45, 2.75) is 4.90 Å². The van der Waals surface area contributed by atoms with Gasteiger partial charge < -0.3 is 10.2 Å². The Hall–Kier alpha value is -2.71. The highest BCUT2D eigenvalue weighted by molar-refractivity contribution is 7.90. The molecule has 0 amide bonds. The van der Waals surface area contributed by atoms with Crippen LogP contribution in [-0.2, 0) is 10.0 Å². The first kappa shape index (κ1) is 16.2. The Balaban J connectivity index is 1.98. The van der Waals surface area contributed by atoms with Gasteiger partial charge in [0.25, 0.3) is 10.0 Å². The fraction of sp³-hybridized carbons (Fsp3) is 0.125. The summed E-state index contributed by atoms with van der Waals surface area (Å²) in [7, 11) is -3.76. The summed E-state index contributed by atoms with van der Waals surface area (Å²) >= 11 is 0. The Morgan fingerprint density at radius 3 is 2.71 bits per heavy atom. The van der Waals surface area contributed by atoms with E-state index in [2.05, 4.69) is 9.50 Å². The average molecular weight is 345 g/mol. The van der Waals surface area contributed by atoms with Crippen molar-refractivity contribution in [2.75, 3.05) is 13.2 Å². The van der Waals surface area contributed by atoms with Gasteiger partial charge in [0.2, 0.25) is 0 Å². The Morgan fingerprint density at radius 2 is 1.96 bits per heavy atom. The maximum Gasteiger partial charge on any atom is 0.285 e. The number of aromatic hydroxyl groups is 1. The molecule has 0 fully saturated rings. The minimum atomic E-state index is -3.76. The third-order valence-electron chi connectivity index (χ3n) is 3.39. The molecule has 0 spiro atoms. The van der Waals surface area contributed by atoms with Gasteiger partial charge >= 0.3 is 0 Å². The number of phenolic OH excluding ortho intramolecular Hbond substituents is 1. The average Bonchev–Trinajstić information content (AvgIpc) is 2.83. The molecule has 1 aliphatic heterocycles. The van der Waals surface area contributed by atoms with Gasteiger partial charge in [-0.2, -0.15) is 13.5 Å². The molecule has 0 bridgehead atoms. The quantitative estimate of drug-likeness (QED) is 0.640. The Bertz CT molecular complexity index is 922. The van der Waals surface area contributed by atoms with E-state index in [1.807, 2.05) is 0 Å². The number of fused-ring (bicyclic) bond motifs is 1. The molecule has 0 saturated carbocycles. The number of rotatable bonds is 4. The van der Waals surface area contributed by atoms with E-state index in [4.69, 9.17) is 0 Å². The standard InChI is InChI=1S/C16H15N3O4S/c20-9-8-19(17-11-12-4-3-5-13(21)10-12)16-14-6-1-2-7-15(14)24(22,23)18-16/h1-7,10-11,20-21H,8-9H2/b17-11+. The topological polar surface area (TPSA) is 103 Å². The molecule has 1 heterocycles. The van der Waals surface area contributed by atoms with Crippen LogP contribution in [0, 0.1) is 0 Å². The number of sulfonamides is 1. The molecule has 3 rings (SSSR count). The molecule has 0 aromatic heterocycles. The van der Waals surface area contributed by atoms with Crippen LogP contribution in [0.25, 0.3) is 0 Å². The van der Waals surface area contributed by atoms with Gasteiger partial charge in [-0.05, 0) is 29.8 Å². The monoisotopic (exact) mass is 345 g/mol. The lowest BCUT2D eigenvalue weighted by Gasteiger charge is -2.17. The van der Waals surface area contributed by atoms with Crippen LogP contribution in [0.4, 0.5) is 0 Å². The first-order chi connectivity index (χ1) is 11.5. The molecule has 24 heavy (non-hydrogen) atoms. The van der Waals surface area contributed by atoms with E-state index >= 15 is 0 Å². The maximum atomic E-state index is 12.1. The number of nitrogens with zero attached hydrogens (tertiary/aromatic N) is 3. The van der Waals surface area contributed by atoms with E-state index < -0.39 is 10.0 Å². The molecular weight excluding hydrogens is 330 g/mol. The first-order valence-corrected chi connectivity index (χ1v) is 8.61. The second-order valence-corrected chi connectivity index (χ2v) is 6.64. The number of hydrazone groups is 1. The fourth-order valence-electron chi connectivity index (χ4n) is 2.33. The predicted molar refractivity (Wildman–Crippen MR) is 89.7 cm³/mol. The van der Waals surface area contributed by atoms with Crippen molar-refractivity contribution < 1.29 is 18.6 Å². The summed E-state index contributed by atoms with van der Waals surface area (Å²) in [6.07, 6.45) is 1.46. The van der Waals surface area contributed by atoms with Crippen LogP contribution >= 0.6 is 0 Å². The zero-order chi connectivity index (χ0) is 17.2. The van der Waals surface area contributed by atoms with Crippen molar-refractivity contribution >= 4 is 22.1 Å². The number of phenols is 1. The summed E-state index contributed by atoms with van der Waals surface area (Å²) in [5, 5.41) is 24.3. The summed E-state index contributed by atoms with van der Waals surface area (Å²) in [5.74, 6) is 0.259. The van der Waals surface area contributed by atoms with Gasteiger partial charge in [0.15, 0.2) is 5.84 Å². The molecular formula is C16H15N3O4S. The molecule has 2 aromatic rings. The molecule has 2 aromatic carbocycles. The molecule has 0 aliphatic carbocycles. The molecule has 8 heteroatoms. The van der Waals surface area contributed by atoms with Crippen LogP contribution in [0.3, 0.4) is 0 Å². The molecule has 2 N–H and O–H groups in total. The molecule has 0 saturated heterocycles. The molecule has 0 radical (unpaired) electrons. The zero-order valence-electron chi connectivity index (χ0n) is 12.6. The molecule has 7 nitrogen and oxygen atoms in total. The van der Waals surface area contributed by atoms with Gasteiger partial charge in [-0.1, -0.05) is 24.3 Å². The van der Waals surface area contributed by atoms with E-state index in [1.54, 1.807) is 30.3 Å². The number of hydrogen-bond donors (Lipinski definition) is 2. The van der Waals surface area contributed by atoms with Crippen LogP contribution in [0.1, 0.15) is 11.1 Å². The highest BCUT2D eigenvalue weighted by Gasteiger charge is 2.31. The number of hydrogen-bond acceptors (Lipinski definition) is 6. The van der Waals surface area contributed by atoms with Crippen LogP contribution in [-0.4, -0.2) is 48.8 Å². The van der Waals surface area contributed by atoms with Crippen molar-refractivity contribution in [2.24, 2.45) is 9.50 Å². The second kappa shape index (κ2) is 6.42. The zero-order valence-corrected chi connectivity index (χ0v) is 13.4. The summed E-state index contributed by atoms with van der Waals surface area (Å²) in [5.41, 5.74) is 1.08. The van der Waals surface area contributed by atoms with Gasteiger partial charge in [-0.3, -0.25) is 0 Å². The number of amidine groups is 1. The van der Waals surface area contributed by atoms with Crippen LogP contribution in [0.5, 0.6) is 5.75 Å². The highest BCUT2D eigenvalue weighted by Crippen LogP contribution is 2.27. The van der Waals surface area contributed by atoms with Crippen molar-refractivity contribution in [3.63, 3.8) is 0 Å². The van der Waals surface area contributed by atoms with E-state index in [0.717, 1.165) is 0 Å². The third-order valence-corrected chi connectivity index (χ3v) is 4.71. The van der Waals surface area contributed by atoms with Crippen LogP contribution in [0.2, 0.25) is 0 Å². The fourth-order valence-corrected chi connectivity index (χ4v) is 3.54. The smallest absolute Gasteiger partial charge is 0.285 e. The predicted octanol–water partition coefficient (Wildman–Crippen LogP) is 1.17. The van der Waals surface area contributed by atoms with Gasteiger partial charge in [0.1, 0.15) is 10.6 Å². The summed E-state index contributed by atoms with van der Waals surface area (Å²) in [6.45, 7) is -0.142. The largest absolute Gasteiger partial charge is 0.508 e.